The van der Waals surface area contributed by atoms with Gasteiger partial charge in [0.25, 0.3) is 5.91 Å². The van der Waals surface area contributed by atoms with Gasteiger partial charge in [-0.25, -0.2) is 9.37 Å². The number of alkyl halides is 2. The quantitative estimate of drug-likeness (QED) is 0.584. The largest absolute Gasteiger partial charge is 0.490 e. The van der Waals surface area contributed by atoms with Crippen molar-refractivity contribution in [3.8, 4) is 22.8 Å². The number of halogens is 3. The van der Waals surface area contributed by atoms with Crippen molar-refractivity contribution in [2.45, 2.75) is 13.5 Å². The second kappa shape index (κ2) is 8.75. The summed E-state index contributed by atoms with van der Waals surface area (Å²) in [5.74, 6) is -0.940. The van der Waals surface area contributed by atoms with Gasteiger partial charge in [0.1, 0.15) is 5.82 Å². The van der Waals surface area contributed by atoms with Crippen LogP contribution in [0.5, 0.6) is 11.5 Å². The van der Waals surface area contributed by atoms with Crippen molar-refractivity contribution in [3.05, 3.63) is 59.2 Å². The Labute approximate surface area is 162 Å². The third-order valence-corrected chi connectivity index (χ3v) is 4.34. The number of thiazole rings is 1. The van der Waals surface area contributed by atoms with E-state index < -0.39 is 12.5 Å². The van der Waals surface area contributed by atoms with E-state index in [1.54, 1.807) is 24.4 Å². The van der Waals surface area contributed by atoms with Crippen molar-refractivity contribution >= 4 is 22.4 Å². The second-order valence-electron chi connectivity index (χ2n) is 5.47. The summed E-state index contributed by atoms with van der Waals surface area (Å²) < 4.78 is 47.6. The van der Waals surface area contributed by atoms with Crippen molar-refractivity contribution in [2.75, 3.05) is 11.9 Å². The highest BCUT2D eigenvalue weighted by molar-refractivity contribution is 7.14. The summed E-state index contributed by atoms with van der Waals surface area (Å²) in [6.07, 6.45) is 0. The van der Waals surface area contributed by atoms with Crippen LogP contribution in [-0.4, -0.2) is 24.1 Å². The molecule has 1 heterocycles. The zero-order chi connectivity index (χ0) is 20.1. The minimum Gasteiger partial charge on any atom is -0.490 e. The van der Waals surface area contributed by atoms with Crippen molar-refractivity contribution in [1.82, 2.24) is 4.98 Å². The van der Waals surface area contributed by atoms with E-state index in [2.05, 4.69) is 15.0 Å². The van der Waals surface area contributed by atoms with Crippen LogP contribution in [0.3, 0.4) is 0 Å². The molecular formula is C19H15F3N2O3S. The van der Waals surface area contributed by atoms with Crippen molar-refractivity contribution < 1.29 is 27.4 Å². The van der Waals surface area contributed by atoms with Gasteiger partial charge >= 0.3 is 6.61 Å². The van der Waals surface area contributed by atoms with Crippen molar-refractivity contribution in [1.29, 1.82) is 0 Å². The number of anilines is 1. The van der Waals surface area contributed by atoms with Gasteiger partial charge in [-0.3, -0.25) is 10.1 Å². The summed E-state index contributed by atoms with van der Waals surface area (Å²) in [6.45, 7) is -1.09. The molecule has 0 radical (unpaired) electrons. The first-order valence-corrected chi connectivity index (χ1v) is 9.08. The number of benzene rings is 2. The first-order chi connectivity index (χ1) is 13.5. The topological polar surface area (TPSA) is 60.5 Å². The van der Waals surface area contributed by atoms with E-state index in [9.17, 15) is 18.0 Å². The van der Waals surface area contributed by atoms with Crippen LogP contribution in [0, 0.1) is 5.82 Å². The summed E-state index contributed by atoms with van der Waals surface area (Å²) in [7, 11) is 0. The number of amides is 1. The fourth-order valence-corrected chi connectivity index (χ4v) is 3.08. The monoisotopic (exact) mass is 408 g/mol. The minimum atomic E-state index is -3.00. The number of carbonyl (C=O) groups excluding carboxylic acids is 1. The van der Waals surface area contributed by atoms with E-state index in [1.807, 2.05) is 0 Å². The lowest BCUT2D eigenvalue weighted by Crippen LogP contribution is -2.12. The molecule has 1 amide bonds. The Hall–Kier alpha value is -3.07. The highest BCUT2D eigenvalue weighted by Crippen LogP contribution is 2.31. The summed E-state index contributed by atoms with van der Waals surface area (Å²) in [5.41, 5.74) is 1.50. The van der Waals surface area contributed by atoms with Crippen LogP contribution in [0.4, 0.5) is 18.3 Å². The van der Waals surface area contributed by atoms with Crippen LogP contribution >= 0.6 is 11.3 Å². The standard InChI is InChI=1S/C19H15F3N2O3S/c1-2-26-16-9-12(5-8-15(16)27-18(21)22)17(25)24-19-23-14(10-28-19)11-3-6-13(20)7-4-11/h3-10,18H,2H2,1H3,(H,23,24,25). The van der Waals surface area contributed by atoms with Crippen LogP contribution in [0.15, 0.2) is 47.8 Å². The molecule has 0 atom stereocenters. The van der Waals surface area contributed by atoms with Gasteiger partial charge in [-0.05, 0) is 49.4 Å². The van der Waals surface area contributed by atoms with E-state index in [0.29, 0.717) is 16.4 Å². The highest BCUT2D eigenvalue weighted by atomic mass is 32.1. The minimum absolute atomic E-state index is 0.0431. The molecule has 0 saturated heterocycles. The first-order valence-electron chi connectivity index (χ1n) is 8.20. The van der Waals surface area contributed by atoms with E-state index >= 15 is 0 Å². The third kappa shape index (κ3) is 4.80. The number of rotatable bonds is 7. The molecule has 1 N–H and O–H groups in total. The van der Waals surface area contributed by atoms with E-state index in [4.69, 9.17) is 4.74 Å². The molecule has 1 aromatic heterocycles. The maximum absolute atomic E-state index is 13.0. The Kier molecular flexibility index (Phi) is 6.15. The molecule has 3 rings (SSSR count). The third-order valence-electron chi connectivity index (χ3n) is 3.59. The molecule has 3 aromatic rings. The predicted octanol–water partition coefficient (Wildman–Crippen LogP) is 5.20. The average molecular weight is 408 g/mol. The molecular weight excluding hydrogens is 393 g/mol. The lowest BCUT2D eigenvalue weighted by atomic mass is 10.2. The fraction of sp³-hybridized carbons (Fsp3) is 0.158. The van der Waals surface area contributed by atoms with Crippen LogP contribution in [0.1, 0.15) is 17.3 Å². The van der Waals surface area contributed by atoms with Gasteiger partial charge in [0, 0.05) is 16.5 Å². The van der Waals surface area contributed by atoms with E-state index in [1.165, 1.54) is 41.7 Å². The van der Waals surface area contributed by atoms with Crippen LogP contribution in [-0.2, 0) is 0 Å². The summed E-state index contributed by atoms with van der Waals surface area (Å²) >= 11 is 1.21. The number of aromatic nitrogens is 1. The van der Waals surface area contributed by atoms with Gasteiger partial charge in [0.15, 0.2) is 16.6 Å². The molecule has 0 unspecified atom stereocenters. The molecule has 0 saturated carbocycles. The van der Waals surface area contributed by atoms with Crippen LogP contribution < -0.4 is 14.8 Å². The van der Waals surface area contributed by atoms with E-state index in [-0.39, 0.29) is 29.5 Å². The Balaban J connectivity index is 1.75. The second-order valence-corrected chi connectivity index (χ2v) is 6.33. The molecule has 0 aliphatic heterocycles. The molecule has 2 aromatic carbocycles. The molecule has 5 nitrogen and oxygen atoms in total. The Morgan fingerprint density at radius 1 is 1.18 bits per heavy atom. The smallest absolute Gasteiger partial charge is 0.387 e. The van der Waals surface area contributed by atoms with E-state index in [0.717, 1.165) is 0 Å². The number of hydrogen-bond donors (Lipinski definition) is 1. The first kappa shape index (κ1) is 19.7. The Morgan fingerprint density at radius 3 is 2.61 bits per heavy atom. The summed E-state index contributed by atoms with van der Waals surface area (Å²) in [4.78, 5) is 16.8. The zero-order valence-corrected chi connectivity index (χ0v) is 15.4. The van der Waals surface area contributed by atoms with Crippen molar-refractivity contribution in [2.24, 2.45) is 0 Å². The van der Waals surface area contributed by atoms with Crippen molar-refractivity contribution in [3.63, 3.8) is 0 Å². The average Bonchev–Trinajstić information content (AvgIpc) is 3.12. The maximum Gasteiger partial charge on any atom is 0.387 e. The van der Waals surface area contributed by atoms with Crippen LogP contribution in [0.2, 0.25) is 0 Å². The Morgan fingerprint density at radius 2 is 1.93 bits per heavy atom. The number of hydrogen-bond acceptors (Lipinski definition) is 5. The molecule has 0 bridgehead atoms. The lowest BCUT2D eigenvalue weighted by molar-refractivity contribution is -0.0514. The number of carbonyl (C=O) groups is 1. The van der Waals surface area contributed by atoms with Crippen LogP contribution in [0.25, 0.3) is 11.3 Å². The summed E-state index contributed by atoms with van der Waals surface area (Å²) in [6, 6.07) is 9.75. The molecule has 28 heavy (non-hydrogen) atoms. The molecule has 146 valence electrons. The van der Waals surface area contributed by atoms with Gasteiger partial charge in [-0.15, -0.1) is 11.3 Å². The zero-order valence-electron chi connectivity index (χ0n) is 14.6. The normalized spacial score (nSPS) is 10.8. The fourth-order valence-electron chi connectivity index (χ4n) is 2.36. The number of nitrogens with zero attached hydrogens (tertiary/aromatic N) is 1. The molecule has 0 aliphatic rings. The lowest BCUT2D eigenvalue weighted by Gasteiger charge is -2.12. The van der Waals surface area contributed by atoms with Gasteiger partial charge < -0.3 is 9.47 Å². The molecule has 9 heteroatoms. The van der Waals surface area contributed by atoms with Gasteiger partial charge in [-0.1, -0.05) is 0 Å². The number of ether oxygens (including phenoxy) is 2. The maximum atomic E-state index is 13.0. The summed E-state index contributed by atoms with van der Waals surface area (Å²) in [5, 5.41) is 4.71. The Bertz CT molecular complexity index is 961. The molecule has 0 fully saturated rings. The molecule has 0 spiro atoms. The van der Waals surface area contributed by atoms with Gasteiger partial charge in [0.2, 0.25) is 0 Å². The molecule has 0 aliphatic carbocycles. The predicted molar refractivity (Wildman–Crippen MR) is 99.7 cm³/mol. The van der Waals surface area contributed by atoms with Gasteiger partial charge in [0.05, 0.1) is 12.3 Å². The highest BCUT2D eigenvalue weighted by Gasteiger charge is 2.16. The SMILES string of the molecule is CCOc1cc(C(=O)Nc2nc(-c3ccc(F)cc3)cs2)ccc1OC(F)F. The van der Waals surface area contributed by atoms with Gasteiger partial charge in [-0.2, -0.15) is 8.78 Å². The number of nitrogens with one attached hydrogen (secondary N) is 1.